The molecule has 7 rings (SSSR count). The summed E-state index contributed by atoms with van der Waals surface area (Å²) in [5.74, 6) is 3.57. The van der Waals surface area contributed by atoms with E-state index in [0.29, 0.717) is 73.6 Å². The van der Waals surface area contributed by atoms with Gasteiger partial charge in [-0.3, -0.25) is 19.7 Å². The summed E-state index contributed by atoms with van der Waals surface area (Å²) in [7, 11) is 0.522. The number of hydrogen-bond donors (Lipinski definition) is 8. The maximum atomic E-state index is 12.5. The molecule has 3 aliphatic heterocycles. The van der Waals surface area contributed by atoms with Gasteiger partial charge in [-0.25, -0.2) is 4.21 Å². The van der Waals surface area contributed by atoms with Crippen molar-refractivity contribution in [3.05, 3.63) is 148 Å². The number of aliphatic hydroxyl groups excluding tert-OH is 1. The number of hydrogen-bond acceptors (Lipinski definition) is 14. The first-order chi connectivity index (χ1) is 42.2. The molecule has 0 spiro atoms. The van der Waals surface area contributed by atoms with Crippen LogP contribution in [0.25, 0.3) is 5.48 Å². The number of amidine groups is 1. The zero-order chi connectivity index (χ0) is 65.3. The summed E-state index contributed by atoms with van der Waals surface area (Å²) in [6.07, 6.45) is 19.8. The van der Waals surface area contributed by atoms with Crippen molar-refractivity contribution < 1.29 is 106 Å². The Labute approximate surface area is 589 Å². The molecule has 1 amide bonds. The Hall–Kier alpha value is -3.57. The molecule has 0 aromatic heterocycles. The van der Waals surface area contributed by atoms with Crippen LogP contribution in [0.1, 0.15) is 141 Å². The summed E-state index contributed by atoms with van der Waals surface area (Å²) in [6.45, 7) is 16.1. The maximum Gasteiger partial charge on any atom is 1.00 e. The number of fused-ring (bicyclic) bond motifs is 3. The molecule has 89 heavy (non-hydrogen) atoms. The number of allylic oxidation sites excluding steroid dienone is 6. The van der Waals surface area contributed by atoms with Gasteiger partial charge in [-0.15, -0.1) is 19.7 Å². The molecule has 3 aliphatic rings. The van der Waals surface area contributed by atoms with Crippen LogP contribution < -0.4 is 76.8 Å². The van der Waals surface area contributed by atoms with Crippen LogP contribution in [-0.4, -0.2) is 131 Å². The summed E-state index contributed by atoms with van der Waals surface area (Å²) in [6, 6.07) is 25.1. The van der Waals surface area contributed by atoms with Crippen molar-refractivity contribution in [1.29, 1.82) is 5.41 Å². The number of carbonyl (C=O) groups excluding carboxylic acids is 1. The number of unbranched alkanes of at least 4 members (excludes halogenated alkanes) is 6. The third-order valence-corrected chi connectivity index (χ3v) is 17.1. The van der Waals surface area contributed by atoms with E-state index in [2.05, 4.69) is 67.0 Å². The second-order valence-electron chi connectivity index (χ2n) is 21.1. The van der Waals surface area contributed by atoms with Crippen LogP contribution >= 0.6 is 36.3 Å². The average molecular weight is 1350 g/mol. The monoisotopic (exact) mass is 1350 g/mol. The molecule has 18 nitrogen and oxygen atoms in total. The minimum Gasteiger partial charge on any atom is -0.537 e. The van der Waals surface area contributed by atoms with Gasteiger partial charge in [-0.1, -0.05) is 68.7 Å². The average Bonchev–Trinajstić information content (AvgIpc) is 1.69. The Morgan fingerprint density at radius 2 is 1.67 bits per heavy atom. The predicted molar refractivity (Wildman–Crippen MR) is 366 cm³/mol. The van der Waals surface area contributed by atoms with Gasteiger partial charge >= 0.3 is 51.4 Å². The number of nitrogens with one attached hydrogen (secondary N) is 2. The molecule has 24 heteroatoms. The number of rotatable bonds is 28. The van der Waals surface area contributed by atoms with Gasteiger partial charge in [0.05, 0.1) is 52.4 Å². The van der Waals surface area contributed by atoms with Gasteiger partial charge < -0.3 is 50.0 Å². The Kier molecular flexibility index (Phi) is 39.7. The van der Waals surface area contributed by atoms with Gasteiger partial charge in [0.2, 0.25) is 11.6 Å². The molecule has 3 heterocycles. The number of hydroxylamine groups is 1. The topological polar surface area (TPSA) is 271 Å². The Balaban J connectivity index is 0.000000596. The number of amides is 1. The Morgan fingerprint density at radius 3 is 2.33 bits per heavy atom. The number of aliphatic hydroxyl groups is 1. The van der Waals surface area contributed by atoms with Crippen molar-refractivity contribution in [1.82, 2.24) is 5.32 Å². The standard InChI is InChI=1S/C40H55N3O6S3.C18H18ClN3O.C4H11NO3S.C2H6.CH4O.K/c1-39(2)33-28-30(50)19-22-35(33)49-37(39)17-9-5-8-16-36-40(3,23-11-6-10-18-38(44)42-24-12-7-14-26-48-41-4)32-29-31(52(46)47)20-21-34(32)43(36)25-13-15-27-51-45;1-12(20)22-10-9-21-18(13-3-5-14(19)6-4-13)16-11-15(23-2)7-8-17(16)22;5-3-1-2-4-9(6,7)8;2*1-2;/h5,8-9,16-17,19-22,28-29,45,50H,6-7,10-15,18,23-27H2,1-4H3,(H,42,44)(H,46,47);3-8,11,20H,9-10H2,1-2H3;1-5H2,(H,6,7,8);1-2H3;2H,1H3;/q;;;;;+1/b9-5+,16-8+,37-17-;;;;;. The smallest absolute Gasteiger partial charge is 0.537 e. The summed E-state index contributed by atoms with van der Waals surface area (Å²) < 4.78 is 73.7. The number of ether oxygens (including phenoxy) is 2. The molecule has 0 bridgehead atoms. The molecule has 0 fully saturated rings. The number of benzene rings is 4. The first-order valence-corrected chi connectivity index (χ1v) is 34.3. The van der Waals surface area contributed by atoms with Crippen LogP contribution in [-0.2, 0) is 41.7 Å². The van der Waals surface area contributed by atoms with Crippen molar-refractivity contribution in [2.24, 2.45) is 10.7 Å². The summed E-state index contributed by atoms with van der Waals surface area (Å²) in [5, 5.41) is 18.8. The maximum absolute atomic E-state index is 12.5. The number of nitrogens with zero attached hydrogens (tertiary/aromatic N) is 4. The second kappa shape index (κ2) is 43.3. The van der Waals surface area contributed by atoms with E-state index in [4.69, 9.17) is 51.7 Å². The number of methoxy groups -OCH3 is 1. The minimum atomic E-state index is -3.75. The zero-order valence-electron chi connectivity index (χ0n) is 53.6. The number of carbonyl (C=O) groups is 1. The van der Waals surface area contributed by atoms with Crippen LogP contribution in [0.5, 0.6) is 11.5 Å². The van der Waals surface area contributed by atoms with Gasteiger partial charge in [0.1, 0.15) is 23.8 Å². The molecule has 0 radical (unpaired) electrons. The van der Waals surface area contributed by atoms with Crippen LogP contribution in [0.4, 0.5) is 11.4 Å². The van der Waals surface area contributed by atoms with E-state index >= 15 is 0 Å². The number of halogens is 1. The van der Waals surface area contributed by atoms with Crippen molar-refractivity contribution in [3.8, 4) is 11.5 Å². The third-order valence-electron chi connectivity index (χ3n) is 14.6. The van der Waals surface area contributed by atoms with Crippen molar-refractivity contribution >= 4 is 92.0 Å². The number of anilines is 1. The minimum absolute atomic E-state index is 0. The molecule has 0 saturated heterocycles. The molecule has 486 valence electrons. The van der Waals surface area contributed by atoms with Crippen LogP contribution in [0.3, 0.4) is 0 Å². The first-order valence-electron chi connectivity index (χ1n) is 29.8. The quantitative estimate of drug-likeness (QED) is 0.00225. The predicted octanol–water partition coefficient (Wildman–Crippen LogP) is 10.7. The third kappa shape index (κ3) is 26.4. The molecule has 2 unspecified atom stereocenters. The number of benzodiazepines with no additional fused rings is 1. The summed E-state index contributed by atoms with van der Waals surface area (Å²) >= 11 is 9.28. The van der Waals surface area contributed by atoms with Gasteiger partial charge in [-0.2, -0.15) is 13.0 Å². The fourth-order valence-corrected chi connectivity index (χ4v) is 11.8. The van der Waals surface area contributed by atoms with E-state index in [9.17, 15) is 26.5 Å². The molecule has 0 saturated carbocycles. The molecule has 8 N–H and O–H groups in total. The largest absolute Gasteiger partial charge is 1.00 e. The fourth-order valence-electron chi connectivity index (χ4n) is 10.1. The Bertz CT molecular complexity index is 3150. The van der Waals surface area contributed by atoms with Crippen molar-refractivity contribution in [2.75, 3.05) is 77.0 Å². The van der Waals surface area contributed by atoms with Crippen molar-refractivity contribution in [2.45, 2.75) is 139 Å². The second-order valence-corrected chi connectivity index (χ2v) is 25.3. The summed E-state index contributed by atoms with van der Waals surface area (Å²) in [5.41, 5.74) is 16.2. The molecular formula is C65H94ClKN7O11S4+. The molecule has 2 atom stereocenters. The van der Waals surface area contributed by atoms with Gasteiger partial charge in [-0.05, 0) is 164 Å². The zero-order valence-corrected chi connectivity index (χ0v) is 60.8. The molecule has 4 aromatic rings. The van der Waals surface area contributed by atoms with E-state index in [-0.39, 0.29) is 68.5 Å². The number of nitrogens with two attached hydrogens (primary N) is 1. The van der Waals surface area contributed by atoms with Crippen LogP contribution in [0, 0.1) is 5.41 Å². The van der Waals surface area contributed by atoms with E-state index in [1.165, 1.54) is 0 Å². The number of thiol groups is 1. The SMILES string of the molecule is CC.CO.COc1ccc2c(c1)C(c1ccc(Cl)cc1)=NCCN2C(C)=N.C[N-]OCCCCCNC(=O)CCCCCC1(C)C(/C=C/C=C/C=C2\Oc3ccc(S)cc3C2(C)C)=[N+](CCCCSO)c2ccc(S(=O)O)cc21.NCCCCS(=O)(=O)O.[K+]. The van der Waals surface area contributed by atoms with Crippen molar-refractivity contribution in [3.63, 3.8) is 0 Å². The molecule has 0 aliphatic carbocycles. The fraction of sp³-hybridized carbons (Fsp3) is 0.477. The first kappa shape index (κ1) is 81.5. The molecular weight excluding hydrogens is 1260 g/mol. The van der Waals surface area contributed by atoms with Gasteiger partial charge in [0.25, 0.3) is 10.1 Å². The van der Waals surface area contributed by atoms with Gasteiger partial charge in [0, 0.05) is 89.7 Å². The van der Waals surface area contributed by atoms with E-state index < -0.39 is 26.6 Å². The van der Waals surface area contributed by atoms with E-state index in [1.807, 2.05) is 104 Å². The van der Waals surface area contributed by atoms with E-state index in [0.717, 1.165) is 151 Å². The van der Waals surface area contributed by atoms with E-state index in [1.54, 1.807) is 27.1 Å². The normalized spacial score (nSPS) is 16.1. The van der Waals surface area contributed by atoms with Crippen LogP contribution in [0.15, 0.2) is 130 Å². The molecule has 4 aromatic carbocycles. The van der Waals surface area contributed by atoms with Crippen LogP contribution in [0.2, 0.25) is 5.02 Å². The van der Waals surface area contributed by atoms with Gasteiger partial charge in [0.15, 0.2) is 16.8 Å². The Morgan fingerprint density at radius 1 is 0.955 bits per heavy atom. The summed E-state index contributed by atoms with van der Waals surface area (Å²) in [4.78, 5) is 25.5. The number of aliphatic imine (C=N–C) groups is 1.